The van der Waals surface area contributed by atoms with Crippen LogP contribution in [0, 0.1) is 5.92 Å². The Morgan fingerprint density at radius 3 is 0.923 bits per heavy atom. The van der Waals surface area contributed by atoms with Crippen molar-refractivity contribution in [2.45, 2.75) is 72.6 Å². The molecule has 26 heavy (non-hydrogen) atoms. The Bertz CT molecular complexity index is 325. The van der Waals surface area contributed by atoms with Gasteiger partial charge in [0.15, 0.2) is 0 Å². The molecular formula is C17H34O9. The lowest BCUT2D eigenvalue weighted by atomic mass is 10.1. The molecule has 5 N–H and O–H groups in total. The van der Waals surface area contributed by atoms with Crippen LogP contribution in [-0.4, -0.2) is 56.0 Å². The van der Waals surface area contributed by atoms with Gasteiger partial charge in [0, 0.05) is 19.3 Å². The Morgan fingerprint density at radius 2 is 0.923 bits per heavy atom. The van der Waals surface area contributed by atoms with E-state index in [1.807, 2.05) is 20.8 Å². The molecule has 0 bridgehead atoms. The molecule has 156 valence electrons. The molecule has 9 heteroatoms. The lowest BCUT2D eigenvalue weighted by molar-refractivity contribution is -0.143. The van der Waals surface area contributed by atoms with E-state index in [0.717, 1.165) is 19.3 Å². The molecule has 0 rings (SSSR count). The number of hydrogen-bond acceptors (Lipinski definition) is 5. The largest absolute Gasteiger partial charge is 0.481 e. The van der Waals surface area contributed by atoms with Gasteiger partial charge in [-0.3, -0.25) is 19.2 Å². The first-order valence-electron chi connectivity index (χ1n) is 8.52. The number of hydrogen-bond donors (Lipinski definition) is 5. The van der Waals surface area contributed by atoms with Crippen LogP contribution < -0.4 is 0 Å². The molecule has 0 spiro atoms. The molecule has 9 nitrogen and oxygen atoms in total. The summed E-state index contributed by atoms with van der Waals surface area (Å²) in [4.78, 5) is 38.8. The molecule has 0 amide bonds. The Hall–Kier alpha value is -2.16. The lowest BCUT2D eigenvalue weighted by Crippen LogP contribution is -2.16. The monoisotopic (exact) mass is 382 g/mol. The lowest BCUT2D eigenvalue weighted by Gasteiger charge is -2.01. The van der Waals surface area contributed by atoms with Crippen molar-refractivity contribution in [3.63, 3.8) is 0 Å². The zero-order valence-electron chi connectivity index (χ0n) is 16.1. The number of rotatable bonds is 9. The normalized spacial score (nSPS) is 9.73. The number of aliphatic hydroxyl groups is 1. The third kappa shape index (κ3) is 43.1. The van der Waals surface area contributed by atoms with Crippen LogP contribution >= 0.6 is 0 Å². The fourth-order valence-electron chi connectivity index (χ4n) is 1.02. The maximum absolute atomic E-state index is 10.0. The molecule has 0 aliphatic rings. The first kappa shape index (κ1) is 31.6. The Labute approximate surface area is 154 Å². The van der Waals surface area contributed by atoms with Crippen LogP contribution in [0.15, 0.2) is 0 Å². The predicted molar refractivity (Wildman–Crippen MR) is 96.1 cm³/mol. The van der Waals surface area contributed by atoms with E-state index >= 15 is 0 Å². The fourth-order valence-corrected chi connectivity index (χ4v) is 1.02. The highest BCUT2D eigenvalue weighted by atomic mass is 16.4. The van der Waals surface area contributed by atoms with E-state index in [1.165, 1.54) is 0 Å². The van der Waals surface area contributed by atoms with Gasteiger partial charge in [-0.25, -0.2) is 0 Å². The highest BCUT2D eigenvalue weighted by molar-refractivity contribution is 5.69. The number of aliphatic hydroxyl groups excluding tert-OH is 1. The van der Waals surface area contributed by atoms with Gasteiger partial charge in [-0.1, -0.05) is 27.7 Å². The molecule has 0 aromatic heterocycles. The first-order chi connectivity index (χ1) is 12.0. The van der Waals surface area contributed by atoms with Crippen LogP contribution in [0.1, 0.15) is 72.6 Å². The Morgan fingerprint density at radius 1 is 0.654 bits per heavy atom. The van der Waals surface area contributed by atoms with Crippen molar-refractivity contribution in [2.75, 3.05) is 6.61 Å². The molecule has 0 radical (unpaired) electrons. The molecule has 0 saturated heterocycles. The minimum Gasteiger partial charge on any atom is -0.481 e. The van der Waals surface area contributed by atoms with Crippen molar-refractivity contribution < 1.29 is 44.7 Å². The van der Waals surface area contributed by atoms with Gasteiger partial charge in [-0.2, -0.15) is 0 Å². The summed E-state index contributed by atoms with van der Waals surface area (Å²) in [5.41, 5.74) is 0. The van der Waals surface area contributed by atoms with Gasteiger partial charge < -0.3 is 25.5 Å². The van der Waals surface area contributed by atoms with E-state index in [1.54, 1.807) is 6.92 Å². The van der Waals surface area contributed by atoms with Crippen molar-refractivity contribution in [1.29, 1.82) is 0 Å². The van der Waals surface area contributed by atoms with E-state index in [0.29, 0.717) is 25.7 Å². The van der Waals surface area contributed by atoms with Crippen LogP contribution in [0.3, 0.4) is 0 Å². The average molecular weight is 382 g/mol. The van der Waals surface area contributed by atoms with Gasteiger partial charge in [-0.05, 0) is 25.7 Å². The quantitative estimate of drug-likeness (QED) is 0.402. The maximum Gasteiger partial charge on any atom is 0.308 e. The molecule has 0 aliphatic carbocycles. The summed E-state index contributed by atoms with van der Waals surface area (Å²) in [6.45, 7) is 7.00. The topological polar surface area (TPSA) is 169 Å². The first-order valence-corrected chi connectivity index (χ1v) is 8.52. The van der Waals surface area contributed by atoms with Gasteiger partial charge in [-0.15, -0.1) is 0 Å². The van der Waals surface area contributed by atoms with Gasteiger partial charge in [0.05, 0.1) is 12.5 Å². The Balaban J connectivity index is -0.000000125. The predicted octanol–water partition coefficient (Wildman–Crippen LogP) is 2.70. The van der Waals surface area contributed by atoms with Crippen molar-refractivity contribution in [3.05, 3.63) is 0 Å². The third-order valence-electron chi connectivity index (χ3n) is 2.45. The van der Waals surface area contributed by atoms with Crippen LogP contribution in [0.2, 0.25) is 0 Å². The van der Waals surface area contributed by atoms with Crippen molar-refractivity contribution in [2.24, 2.45) is 5.92 Å². The summed E-state index contributed by atoms with van der Waals surface area (Å²) >= 11 is 0. The highest BCUT2D eigenvalue weighted by Crippen LogP contribution is 1.98. The second-order valence-corrected chi connectivity index (χ2v) is 5.06. The van der Waals surface area contributed by atoms with Gasteiger partial charge in [0.1, 0.15) is 0 Å². The third-order valence-corrected chi connectivity index (χ3v) is 2.45. The minimum absolute atomic E-state index is 0.258. The number of carboxylic acids is 4. The van der Waals surface area contributed by atoms with E-state index in [9.17, 15) is 19.2 Å². The highest BCUT2D eigenvalue weighted by Gasteiger charge is 2.11. The summed E-state index contributed by atoms with van der Waals surface area (Å²) in [5, 5.41) is 40.3. The Kier molecular flexibility index (Phi) is 30.5. The summed E-state index contributed by atoms with van der Waals surface area (Å²) in [6.07, 6.45) is 3.56. The summed E-state index contributed by atoms with van der Waals surface area (Å²) in [5.74, 6) is -3.63. The molecule has 1 atom stereocenters. The van der Waals surface area contributed by atoms with Crippen LogP contribution in [0.25, 0.3) is 0 Å². The van der Waals surface area contributed by atoms with E-state index in [-0.39, 0.29) is 6.61 Å². The molecule has 1 unspecified atom stereocenters. The number of aliphatic carboxylic acids is 4. The minimum atomic E-state index is -0.921. The molecular weight excluding hydrogens is 348 g/mol. The zero-order chi connectivity index (χ0) is 21.5. The molecule has 0 aliphatic heterocycles. The fraction of sp³-hybridized carbons (Fsp3) is 0.765. The van der Waals surface area contributed by atoms with Crippen molar-refractivity contribution in [1.82, 2.24) is 0 Å². The van der Waals surface area contributed by atoms with E-state index in [4.69, 9.17) is 25.5 Å². The maximum atomic E-state index is 10.0. The standard InChI is InChI=1S/C5H10O3.3C4H8O2/c1-2-4(3-6)5(7)8;3*1-2-3-4(5)6/h4,6H,2-3H2,1H3,(H,7,8);3*2-3H2,1H3,(H,5,6). The number of carboxylic acid groups (broad SMARTS) is 4. The average Bonchev–Trinajstić information content (AvgIpc) is 2.49. The second kappa shape index (κ2) is 25.1. The van der Waals surface area contributed by atoms with Crippen molar-refractivity contribution in [3.8, 4) is 0 Å². The smallest absolute Gasteiger partial charge is 0.308 e. The van der Waals surface area contributed by atoms with Gasteiger partial charge >= 0.3 is 23.9 Å². The van der Waals surface area contributed by atoms with Gasteiger partial charge in [0.2, 0.25) is 0 Å². The molecule has 0 aromatic carbocycles. The molecule has 0 saturated carbocycles. The molecule has 0 fully saturated rings. The van der Waals surface area contributed by atoms with E-state index in [2.05, 4.69) is 0 Å². The second-order valence-electron chi connectivity index (χ2n) is 5.06. The number of carbonyl (C=O) groups is 4. The van der Waals surface area contributed by atoms with E-state index < -0.39 is 29.8 Å². The SMILES string of the molecule is CCC(CO)C(=O)O.CCCC(=O)O.CCCC(=O)O.CCCC(=O)O. The molecule has 0 heterocycles. The van der Waals surface area contributed by atoms with Crippen LogP contribution in [-0.2, 0) is 19.2 Å². The summed E-state index contributed by atoms with van der Waals surface area (Å²) in [6, 6.07) is 0. The van der Waals surface area contributed by atoms with Crippen molar-refractivity contribution >= 4 is 23.9 Å². The van der Waals surface area contributed by atoms with Gasteiger partial charge in [0.25, 0.3) is 0 Å². The summed E-state index contributed by atoms with van der Waals surface area (Å²) in [7, 11) is 0. The molecule has 0 aromatic rings. The van der Waals surface area contributed by atoms with Crippen LogP contribution in [0.5, 0.6) is 0 Å². The zero-order valence-corrected chi connectivity index (χ0v) is 16.1. The summed E-state index contributed by atoms with van der Waals surface area (Å²) < 4.78 is 0. The van der Waals surface area contributed by atoms with Crippen LogP contribution in [0.4, 0.5) is 0 Å².